The molecule has 1 amide bonds. The second-order valence-corrected chi connectivity index (χ2v) is 4.75. The molecule has 0 saturated carbocycles. The molecule has 0 heterocycles. The zero-order chi connectivity index (χ0) is 13.2. The standard InChI is InChI=1S/C11H12ClF2NO2/c1-11(2,3)17-10(16)15-9-7(13)5-4-6(12)8(9)14/h4-5H,1-3H3,(H,15,16). The number of hydrogen-bond acceptors (Lipinski definition) is 2. The fourth-order valence-corrected chi connectivity index (χ4v) is 1.20. The molecule has 94 valence electrons. The third kappa shape index (κ3) is 3.85. The fraction of sp³-hybridized carbons (Fsp3) is 0.364. The van der Waals surface area contributed by atoms with E-state index < -0.39 is 29.0 Å². The van der Waals surface area contributed by atoms with E-state index in [1.807, 2.05) is 5.32 Å². The average Bonchev–Trinajstić information content (AvgIpc) is 2.16. The molecular weight excluding hydrogens is 252 g/mol. The molecule has 17 heavy (non-hydrogen) atoms. The number of nitrogens with one attached hydrogen (secondary N) is 1. The maximum atomic E-state index is 13.4. The normalized spacial score (nSPS) is 11.2. The Labute approximate surface area is 103 Å². The summed E-state index contributed by atoms with van der Waals surface area (Å²) in [4.78, 5) is 11.3. The predicted octanol–water partition coefficient (Wildman–Crippen LogP) is 3.97. The van der Waals surface area contributed by atoms with Crippen LogP contribution in [0.5, 0.6) is 0 Å². The molecule has 3 nitrogen and oxygen atoms in total. The third-order valence-corrected chi connectivity index (χ3v) is 1.96. The zero-order valence-corrected chi connectivity index (χ0v) is 10.4. The SMILES string of the molecule is CC(C)(C)OC(=O)Nc1c(F)ccc(Cl)c1F. The first-order valence-electron chi connectivity index (χ1n) is 4.84. The van der Waals surface area contributed by atoms with E-state index in [0.717, 1.165) is 12.1 Å². The first kappa shape index (κ1) is 13.7. The van der Waals surface area contributed by atoms with Gasteiger partial charge in [-0.2, -0.15) is 0 Å². The van der Waals surface area contributed by atoms with Gasteiger partial charge < -0.3 is 4.74 Å². The second kappa shape index (κ2) is 4.87. The Bertz CT molecular complexity index is 444. The molecule has 1 aromatic carbocycles. The maximum Gasteiger partial charge on any atom is 0.412 e. The van der Waals surface area contributed by atoms with Gasteiger partial charge in [-0.1, -0.05) is 11.6 Å². The van der Waals surface area contributed by atoms with Crippen LogP contribution in [0, 0.1) is 11.6 Å². The number of anilines is 1. The Hall–Kier alpha value is -1.36. The summed E-state index contributed by atoms with van der Waals surface area (Å²) in [5, 5.41) is 1.70. The summed E-state index contributed by atoms with van der Waals surface area (Å²) >= 11 is 5.47. The van der Waals surface area contributed by atoms with Crippen LogP contribution in [0.4, 0.5) is 19.3 Å². The van der Waals surface area contributed by atoms with Gasteiger partial charge in [-0.3, -0.25) is 5.32 Å². The number of amides is 1. The Morgan fingerprint density at radius 3 is 2.47 bits per heavy atom. The van der Waals surface area contributed by atoms with E-state index in [4.69, 9.17) is 16.3 Å². The minimum absolute atomic E-state index is 0.280. The highest BCUT2D eigenvalue weighted by atomic mass is 35.5. The van der Waals surface area contributed by atoms with E-state index in [-0.39, 0.29) is 5.02 Å². The predicted molar refractivity (Wildman–Crippen MR) is 61.2 cm³/mol. The van der Waals surface area contributed by atoms with Crippen molar-refractivity contribution in [2.24, 2.45) is 0 Å². The van der Waals surface area contributed by atoms with Gasteiger partial charge in [-0.05, 0) is 32.9 Å². The van der Waals surface area contributed by atoms with Crippen LogP contribution in [0.15, 0.2) is 12.1 Å². The summed E-state index contributed by atoms with van der Waals surface area (Å²) in [6, 6.07) is 2.02. The van der Waals surface area contributed by atoms with Gasteiger partial charge in [-0.25, -0.2) is 13.6 Å². The lowest BCUT2D eigenvalue weighted by Gasteiger charge is -2.20. The van der Waals surface area contributed by atoms with Crippen molar-refractivity contribution in [2.75, 3.05) is 5.32 Å². The average molecular weight is 264 g/mol. The molecule has 0 aliphatic rings. The van der Waals surface area contributed by atoms with Crippen molar-refractivity contribution in [3.05, 3.63) is 28.8 Å². The van der Waals surface area contributed by atoms with Crippen molar-refractivity contribution in [3.63, 3.8) is 0 Å². The lowest BCUT2D eigenvalue weighted by Crippen LogP contribution is -2.27. The summed E-state index contributed by atoms with van der Waals surface area (Å²) in [7, 11) is 0. The van der Waals surface area contributed by atoms with Gasteiger partial charge in [0.1, 0.15) is 17.1 Å². The second-order valence-electron chi connectivity index (χ2n) is 4.35. The van der Waals surface area contributed by atoms with Crippen molar-refractivity contribution >= 4 is 23.4 Å². The molecule has 1 aromatic rings. The Balaban J connectivity index is 2.89. The highest BCUT2D eigenvalue weighted by molar-refractivity contribution is 6.31. The van der Waals surface area contributed by atoms with Gasteiger partial charge in [0.05, 0.1) is 5.02 Å². The van der Waals surface area contributed by atoms with Crippen LogP contribution >= 0.6 is 11.6 Å². The number of halogens is 3. The van der Waals surface area contributed by atoms with Gasteiger partial charge in [0.2, 0.25) is 0 Å². The van der Waals surface area contributed by atoms with Gasteiger partial charge in [0.15, 0.2) is 5.82 Å². The molecule has 0 aliphatic heterocycles. The molecule has 0 aromatic heterocycles. The smallest absolute Gasteiger partial charge is 0.412 e. The Morgan fingerprint density at radius 2 is 1.94 bits per heavy atom. The molecule has 0 saturated heterocycles. The van der Waals surface area contributed by atoms with Gasteiger partial charge in [0.25, 0.3) is 0 Å². The highest BCUT2D eigenvalue weighted by Crippen LogP contribution is 2.25. The monoisotopic (exact) mass is 263 g/mol. The van der Waals surface area contributed by atoms with Crippen molar-refractivity contribution in [2.45, 2.75) is 26.4 Å². The van der Waals surface area contributed by atoms with Crippen molar-refractivity contribution in [3.8, 4) is 0 Å². The molecule has 0 aliphatic carbocycles. The van der Waals surface area contributed by atoms with Crippen molar-refractivity contribution in [1.82, 2.24) is 0 Å². The van der Waals surface area contributed by atoms with Gasteiger partial charge in [-0.15, -0.1) is 0 Å². The Morgan fingerprint density at radius 1 is 1.35 bits per heavy atom. The molecule has 1 N–H and O–H groups in total. The van der Waals surface area contributed by atoms with E-state index in [2.05, 4.69) is 0 Å². The zero-order valence-electron chi connectivity index (χ0n) is 9.61. The summed E-state index contributed by atoms with van der Waals surface area (Å²) in [5.41, 5.74) is -1.37. The molecule has 0 spiro atoms. The van der Waals surface area contributed by atoms with Crippen LogP contribution in [-0.4, -0.2) is 11.7 Å². The van der Waals surface area contributed by atoms with Gasteiger partial charge >= 0.3 is 6.09 Å². The molecule has 1 rings (SSSR count). The van der Waals surface area contributed by atoms with E-state index in [0.29, 0.717) is 0 Å². The van der Waals surface area contributed by atoms with Crippen LogP contribution in [0.1, 0.15) is 20.8 Å². The molecule has 0 radical (unpaired) electrons. The van der Waals surface area contributed by atoms with Gasteiger partial charge in [0, 0.05) is 0 Å². The minimum atomic E-state index is -1.03. The van der Waals surface area contributed by atoms with E-state index >= 15 is 0 Å². The fourth-order valence-electron chi connectivity index (χ4n) is 1.05. The van der Waals surface area contributed by atoms with Crippen LogP contribution in [0.3, 0.4) is 0 Å². The summed E-state index contributed by atoms with van der Waals surface area (Å²) < 4.78 is 31.5. The molecule has 0 atom stereocenters. The number of hydrogen-bond donors (Lipinski definition) is 1. The number of ether oxygens (including phenoxy) is 1. The van der Waals surface area contributed by atoms with Crippen molar-refractivity contribution in [1.29, 1.82) is 0 Å². The maximum absolute atomic E-state index is 13.4. The summed E-state index contributed by atoms with van der Waals surface area (Å²) in [5.74, 6) is -1.95. The van der Waals surface area contributed by atoms with Crippen LogP contribution in [0.25, 0.3) is 0 Å². The minimum Gasteiger partial charge on any atom is -0.444 e. The van der Waals surface area contributed by atoms with E-state index in [1.54, 1.807) is 20.8 Å². The first-order chi connectivity index (χ1) is 7.70. The molecular formula is C11H12ClF2NO2. The van der Waals surface area contributed by atoms with Crippen LogP contribution in [-0.2, 0) is 4.74 Å². The molecule has 0 fully saturated rings. The number of rotatable bonds is 1. The largest absolute Gasteiger partial charge is 0.444 e. The lowest BCUT2D eigenvalue weighted by molar-refractivity contribution is 0.0634. The molecule has 6 heteroatoms. The third-order valence-electron chi connectivity index (χ3n) is 1.67. The molecule has 0 bridgehead atoms. The Kier molecular flexibility index (Phi) is 3.93. The first-order valence-corrected chi connectivity index (χ1v) is 5.22. The van der Waals surface area contributed by atoms with E-state index in [9.17, 15) is 13.6 Å². The number of benzene rings is 1. The highest BCUT2D eigenvalue weighted by Gasteiger charge is 2.20. The summed E-state index contributed by atoms with van der Waals surface area (Å²) in [6.45, 7) is 4.91. The topological polar surface area (TPSA) is 38.3 Å². The van der Waals surface area contributed by atoms with Crippen LogP contribution in [0.2, 0.25) is 5.02 Å². The number of carbonyl (C=O) groups excluding carboxylic acids is 1. The van der Waals surface area contributed by atoms with Crippen LogP contribution < -0.4 is 5.32 Å². The number of carbonyl (C=O) groups is 1. The summed E-state index contributed by atoms with van der Waals surface area (Å²) in [6.07, 6.45) is -0.947. The lowest BCUT2D eigenvalue weighted by atomic mass is 10.2. The van der Waals surface area contributed by atoms with E-state index in [1.165, 1.54) is 0 Å². The molecule has 0 unspecified atom stereocenters. The quantitative estimate of drug-likeness (QED) is 0.779. The van der Waals surface area contributed by atoms with Crippen molar-refractivity contribution < 1.29 is 18.3 Å².